The van der Waals surface area contributed by atoms with Crippen molar-refractivity contribution in [1.29, 1.82) is 0 Å². The van der Waals surface area contributed by atoms with Gasteiger partial charge in [0.15, 0.2) is 5.11 Å². The molecule has 21 heavy (non-hydrogen) atoms. The predicted molar refractivity (Wildman–Crippen MR) is 92.8 cm³/mol. The minimum absolute atomic E-state index is 0.430. The molecule has 108 valence electrons. The first-order valence-corrected chi connectivity index (χ1v) is 7.85. The average molecular weight is 296 g/mol. The van der Waals surface area contributed by atoms with Crippen LogP contribution in [0.1, 0.15) is 18.1 Å². The van der Waals surface area contributed by atoms with Crippen LogP contribution in [0.25, 0.3) is 0 Å². The summed E-state index contributed by atoms with van der Waals surface area (Å²) in [5.74, 6) is 0. The zero-order valence-corrected chi connectivity index (χ0v) is 13.1. The first kappa shape index (κ1) is 14.1. The van der Waals surface area contributed by atoms with Gasteiger partial charge in [0, 0.05) is 18.3 Å². The van der Waals surface area contributed by atoms with Crippen molar-refractivity contribution in [2.45, 2.75) is 25.8 Å². The summed E-state index contributed by atoms with van der Waals surface area (Å²) in [6, 6.07) is 19.5. The molecule has 2 nitrogen and oxygen atoms in total. The van der Waals surface area contributed by atoms with Crippen molar-refractivity contribution in [2.24, 2.45) is 0 Å². The maximum Gasteiger partial charge on any atom is 0.173 e. The number of rotatable bonds is 3. The first-order chi connectivity index (χ1) is 10.3. The highest BCUT2D eigenvalue weighted by molar-refractivity contribution is 7.80. The Balaban J connectivity index is 1.61. The van der Waals surface area contributed by atoms with Crippen LogP contribution in [0.2, 0.25) is 0 Å². The van der Waals surface area contributed by atoms with Crippen molar-refractivity contribution in [1.82, 2.24) is 5.32 Å². The number of nitrogens with one attached hydrogen (secondary N) is 1. The SMILES string of the molecule is C[C@@H]1Cc2ccccc2N1C(=S)NCCc1ccccc1. The van der Waals surface area contributed by atoms with Crippen LogP contribution >= 0.6 is 12.2 Å². The lowest BCUT2D eigenvalue weighted by molar-refractivity contribution is 0.753. The normalized spacial score (nSPS) is 16.6. The fourth-order valence-corrected chi connectivity index (χ4v) is 3.30. The molecule has 1 aliphatic rings. The van der Waals surface area contributed by atoms with Crippen LogP contribution in [0.3, 0.4) is 0 Å². The molecule has 3 heteroatoms. The molecule has 0 bridgehead atoms. The molecule has 1 N–H and O–H groups in total. The van der Waals surface area contributed by atoms with Crippen molar-refractivity contribution in [3.63, 3.8) is 0 Å². The molecule has 0 aromatic heterocycles. The Hall–Kier alpha value is -1.87. The largest absolute Gasteiger partial charge is 0.362 e. The molecule has 1 aliphatic heterocycles. The zero-order chi connectivity index (χ0) is 14.7. The van der Waals surface area contributed by atoms with E-state index in [0.29, 0.717) is 6.04 Å². The Bertz CT molecular complexity index is 624. The van der Waals surface area contributed by atoms with Crippen molar-refractivity contribution in [2.75, 3.05) is 11.4 Å². The summed E-state index contributed by atoms with van der Waals surface area (Å²) in [7, 11) is 0. The van der Waals surface area contributed by atoms with Crippen LogP contribution in [0.5, 0.6) is 0 Å². The number of hydrogen-bond acceptors (Lipinski definition) is 1. The summed E-state index contributed by atoms with van der Waals surface area (Å²) in [5, 5.41) is 4.24. The van der Waals surface area contributed by atoms with Gasteiger partial charge in [-0.15, -0.1) is 0 Å². The van der Waals surface area contributed by atoms with Crippen LogP contribution in [0.15, 0.2) is 54.6 Å². The number of anilines is 1. The first-order valence-electron chi connectivity index (χ1n) is 7.44. The molecule has 2 aromatic rings. The van der Waals surface area contributed by atoms with Crippen molar-refractivity contribution < 1.29 is 0 Å². The van der Waals surface area contributed by atoms with Crippen molar-refractivity contribution >= 4 is 23.0 Å². The van der Waals surface area contributed by atoms with Crippen LogP contribution in [0.4, 0.5) is 5.69 Å². The zero-order valence-electron chi connectivity index (χ0n) is 12.3. The second-order valence-electron chi connectivity index (χ2n) is 5.52. The molecule has 0 radical (unpaired) electrons. The van der Waals surface area contributed by atoms with Gasteiger partial charge in [-0.1, -0.05) is 48.5 Å². The minimum Gasteiger partial charge on any atom is -0.362 e. The Kier molecular flexibility index (Phi) is 4.20. The van der Waals surface area contributed by atoms with E-state index in [1.165, 1.54) is 16.8 Å². The van der Waals surface area contributed by atoms with E-state index in [-0.39, 0.29) is 0 Å². The van der Waals surface area contributed by atoms with E-state index in [0.717, 1.165) is 24.5 Å². The molecule has 0 amide bonds. The van der Waals surface area contributed by atoms with Gasteiger partial charge < -0.3 is 10.2 Å². The standard InChI is InChI=1S/C18H20N2S/c1-14-13-16-9-5-6-10-17(16)20(14)18(21)19-12-11-15-7-3-2-4-8-15/h2-10,14H,11-13H2,1H3,(H,19,21)/t14-/m1/s1. The summed E-state index contributed by atoms with van der Waals surface area (Å²) in [5.41, 5.74) is 3.97. The van der Waals surface area contributed by atoms with Crippen LogP contribution in [-0.2, 0) is 12.8 Å². The fourth-order valence-electron chi connectivity index (χ4n) is 2.92. The van der Waals surface area contributed by atoms with E-state index in [2.05, 4.69) is 65.7 Å². The second-order valence-corrected chi connectivity index (χ2v) is 5.91. The Morgan fingerprint density at radius 2 is 1.86 bits per heavy atom. The molecule has 1 atom stereocenters. The summed E-state index contributed by atoms with van der Waals surface area (Å²) < 4.78 is 0. The molecule has 0 saturated carbocycles. The van der Waals surface area contributed by atoms with Gasteiger partial charge in [-0.25, -0.2) is 0 Å². The Labute approximate surface area is 131 Å². The molecule has 0 unspecified atom stereocenters. The Morgan fingerprint density at radius 1 is 1.14 bits per heavy atom. The van der Waals surface area contributed by atoms with Gasteiger partial charge in [0.25, 0.3) is 0 Å². The van der Waals surface area contributed by atoms with Gasteiger partial charge in [0.1, 0.15) is 0 Å². The summed E-state index contributed by atoms with van der Waals surface area (Å²) >= 11 is 5.60. The highest BCUT2D eigenvalue weighted by atomic mass is 32.1. The number of fused-ring (bicyclic) bond motifs is 1. The van der Waals surface area contributed by atoms with E-state index in [1.54, 1.807) is 0 Å². The third-order valence-electron chi connectivity index (χ3n) is 3.96. The molecule has 2 aromatic carbocycles. The summed E-state index contributed by atoms with van der Waals surface area (Å²) in [6.45, 7) is 3.10. The lowest BCUT2D eigenvalue weighted by Crippen LogP contribution is -2.43. The molecular weight excluding hydrogens is 276 g/mol. The van der Waals surface area contributed by atoms with Crippen LogP contribution < -0.4 is 10.2 Å². The smallest absolute Gasteiger partial charge is 0.173 e. The number of thiocarbonyl (C=S) groups is 1. The van der Waals surface area contributed by atoms with E-state index >= 15 is 0 Å². The highest BCUT2D eigenvalue weighted by Crippen LogP contribution is 2.31. The van der Waals surface area contributed by atoms with E-state index in [9.17, 15) is 0 Å². The molecule has 0 fully saturated rings. The lowest BCUT2D eigenvalue weighted by Gasteiger charge is -2.26. The molecule has 0 saturated heterocycles. The molecule has 1 heterocycles. The third kappa shape index (κ3) is 3.08. The van der Waals surface area contributed by atoms with Gasteiger partial charge in [-0.3, -0.25) is 0 Å². The van der Waals surface area contributed by atoms with Crippen molar-refractivity contribution in [3.05, 3.63) is 65.7 Å². The lowest BCUT2D eigenvalue weighted by atomic mass is 10.1. The highest BCUT2D eigenvalue weighted by Gasteiger charge is 2.28. The van der Waals surface area contributed by atoms with Crippen LogP contribution in [0, 0.1) is 0 Å². The topological polar surface area (TPSA) is 15.3 Å². The van der Waals surface area contributed by atoms with E-state index in [1.807, 2.05) is 6.07 Å². The predicted octanol–water partition coefficient (Wildman–Crippen LogP) is 3.55. The number of benzene rings is 2. The van der Waals surface area contributed by atoms with E-state index in [4.69, 9.17) is 12.2 Å². The molecule has 0 aliphatic carbocycles. The number of para-hydroxylation sites is 1. The fraction of sp³-hybridized carbons (Fsp3) is 0.278. The van der Waals surface area contributed by atoms with Gasteiger partial charge in [-0.2, -0.15) is 0 Å². The number of hydrogen-bond donors (Lipinski definition) is 1. The monoisotopic (exact) mass is 296 g/mol. The van der Waals surface area contributed by atoms with Gasteiger partial charge in [0.2, 0.25) is 0 Å². The van der Waals surface area contributed by atoms with Gasteiger partial charge in [-0.05, 0) is 49.2 Å². The molecular formula is C18H20N2S. The van der Waals surface area contributed by atoms with Crippen molar-refractivity contribution in [3.8, 4) is 0 Å². The minimum atomic E-state index is 0.430. The van der Waals surface area contributed by atoms with Gasteiger partial charge in [0.05, 0.1) is 0 Å². The second kappa shape index (κ2) is 6.27. The van der Waals surface area contributed by atoms with Crippen LogP contribution in [-0.4, -0.2) is 17.7 Å². The maximum atomic E-state index is 5.60. The number of nitrogens with zero attached hydrogens (tertiary/aromatic N) is 1. The summed E-state index contributed by atoms with van der Waals surface area (Å²) in [4.78, 5) is 2.25. The van der Waals surface area contributed by atoms with Gasteiger partial charge >= 0.3 is 0 Å². The third-order valence-corrected chi connectivity index (χ3v) is 4.30. The quantitative estimate of drug-likeness (QED) is 0.872. The molecule has 3 rings (SSSR count). The molecule has 0 spiro atoms. The average Bonchev–Trinajstić information content (AvgIpc) is 2.84. The van der Waals surface area contributed by atoms with E-state index < -0.39 is 0 Å². The maximum absolute atomic E-state index is 5.60. The summed E-state index contributed by atoms with van der Waals surface area (Å²) in [6.07, 6.45) is 2.06. The Morgan fingerprint density at radius 3 is 2.67 bits per heavy atom.